The molecule has 0 radical (unpaired) electrons. The molecule has 7 aromatic rings. The minimum absolute atomic E-state index is 0.133. The van der Waals surface area contributed by atoms with Gasteiger partial charge in [-0.1, -0.05) is 72.7 Å². The van der Waals surface area contributed by atoms with E-state index in [0.29, 0.717) is 59.8 Å². The summed E-state index contributed by atoms with van der Waals surface area (Å²) >= 11 is 1.45. The Hall–Kier alpha value is -6.97. The van der Waals surface area contributed by atoms with E-state index in [9.17, 15) is 19.2 Å². The number of ether oxygens (including phenoxy) is 2. The molecule has 3 fully saturated rings. The molecule has 1 atom stereocenters. The Morgan fingerprint density at radius 3 is 2.43 bits per heavy atom. The molecule has 3 aliphatic heterocycles. The lowest BCUT2D eigenvalue weighted by atomic mass is 9.84. The van der Waals surface area contributed by atoms with Crippen LogP contribution >= 0.6 is 11.3 Å². The van der Waals surface area contributed by atoms with Crippen molar-refractivity contribution >= 4 is 67.1 Å². The first kappa shape index (κ1) is 52.1. The first-order valence-corrected chi connectivity index (χ1v) is 28.6. The van der Waals surface area contributed by atoms with Crippen LogP contribution in [0.5, 0.6) is 5.75 Å². The van der Waals surface area contributed by atoms with Gasteiger partial charge < -0.3 is 19.3 Å². The Balaban J connectivity index is 0.676. The summed E-state index contributed by atoms with van der Waals surface area (Å²) in [6.45, 7) is 12.2. The number of unbranched alkanes of at least 4 members (excludes halogenated alkanes) is 1. The molecular formula is C62H70N8O6S. The zero-order valence-electron chi connectivity index (χ0n) is 45.0. The largest absolute Gasteiger partial charge is 0.490 e. The lowest BCUT2D eigenvalue weighted by Gasteiger charge is -2.33. The fourth-order valence-electron chi connectivity index (χ4n) is 12.2. The predicted octanol–water partition coefficient (Wildman–Crippen LogP) is 11.8. The number of anilines is 2. The molecule has 1 aliphatic carbocycles. The predicted molar refractivity (Wildman–Crippen MR) is 303 cm³/mol. The highest BCUT2D eigenvalue weighted by molar-refractivity contribution is 7.22. The molecule has 77 heavy (non-hydrogen) atoms. The van der Waals surface area contributed by atoms with Gasteiger partial charge in [0.25, 0.3) is 5.91 Å². The number of aromatic nitrogens is 4. The molecule has 3 amide bonds. The molecule has 4 aromatic carbocycles. The van der Waals surface area contributed by atoms with Crippen molar-refractivity contribution in [2.24, 2.45) is 13.0 Å². The Morgan fingerprint density at radius 1 is 0.831 bits per heavy atom. The second kappa shape index (κ2) is 22.2. The van der Waals surface area contributed by atoms with Crippen molar-refractivity contribution in [3.63, 3.8) is 0 Å². The maximum Gasteiger partial charge on any atom is 0.358 e. The topological polar surface area (TPSA) is 161 Å². The Morgan fingerprint density at radius 2 is 1.64 bits per heavy atom. The number of nitrogens with zero attached hydrogens (tertiary/aromatic N) is 6. The number of imide groups is 1. The van der Waals surface area contributed by atoms with Gasteiger partial charge in [-0.15, -0.1) is 0 Å². The summed E-state index contributed by atoms with van der Waals surface area (Å²) in [4.78, 5) is 66.8. The molecule has 11 rings (SSSR count). The molecule has 15 heteroatoms. The number of thiazole rings is 1. The molecule has 4 aliphatic rings. The number of hydrogen-bond donors (Lipinski definition) is 2. The van der Waals surface area contributed by atoms with Crippen molar-refractivity contribution in [1.29, 1.82) is 0 Å². The van der Waals surface area contributed by atoms with Gasteiger partial charge in [-0.05, 0) is 187 Å². The number of para-hydroxylation sites is 1. The number of hydrogen-bond acceptors (Lipinski definition) is 12. The third kappa shape index (κ3) is 11.5. The van der Waals surface area contributed by atoms with Crippen molar-refractivity contribution in [1.82, 2.24) is 30.0 Å². The maximum atomic E-state index is 14.1. The first-order valence-electron chi connectivity index (χ1n) is 27.8. The number of nitrogens with one attached hydrogen (secondary N) is 2. The standard InChI is InChI=1S/C62H70N8O6S/c1-38-44(45-25-27-54(64-57(45)60(74)76-62(2,3)4)70-35-31-41-13-10-15-46(49(41)37-70)58(72)66-61-63-50-16-6-7-18-53(50)77-61)14-11-17-52(38)75-43-22-19-39(20-23-43)12-8-9-32-69-33-29-40(30-34-69)42-21-24-47-51(36-42)68(5)67-56(47)48-26-28-55(71)65-59(48)73/h6-7,10-11,13-18,21,24-25,27,36,39-40,43,48H,8-9,12,19-20,22-23,26,28-35,37H2,1-5H3,(H,63,66,72)(H,65,71,73). The van der Waals surface area contributed by atoms with Gasteiger partial charge in [0.05, 0.1) is 33.4 Å². The van der Waals surface area contributed by atoms with Crippen molar-refractivity contribution in [3.8, 4) is 16.9 Å². The second-order valence-corrected chi connectivity index (χ2v) is 23.7. The number of piperidine rings is 2. The first-order chi connectivity index (χ1) is 37.2. The van der Waals surface area contributed by atoms with Gasteiger partial charge in [0, 0.05) is 43.1 Å². The summed E-state index contributed by atoms with van der Waals surface area (Å²) in [6.07, 6.45) is 12.1. The molecule has 2 saturated heterocycles. The van der Waals surface area contributed by atoms with Gasteiger partial charge in [0.1, 0.15) is 17.2 Å². The van der Waals surface area contributed by atoms with Gasteiger partial charge in [-0.3, -0.25) is 29.7 Å². The minimum atomic E-state index is -0.728. The summed E-state index contributed by atoms with van der Waals surface area (Å²) in [5, 5.41) is 11.8. The van der Waals surface area contributed by atoms with Crippen molar-refractivity contribution in [2.45, 2.75) is 135 Å². The zero-order chi connectivity index (χ0) is 53.4. The van der Waals surface area contributed by atoms with E-state index in [1.54, 1.807) is 0 Å². The van der Waals surface area contributed by atoms with Crippen LogP contribution in [0.15, 0.2) is 91.0 Å². The van der Waals surface area contributed by atoms with E-state index in [2.05, 4.69) is 56.6 Å². The van der Waals surface area contributed by atoms with Crippen LogP contribution in [0.4, 0.5) is 10.9 Å². The number of carbonyl (C=O) groups excluding carboxylic acids is 4. The average Bonchev–Trinajstić information content (AvgIpc) is 4.09. The van der Waals surface area contributed by atoms with Crippen LogP contribution in [-0.2, 0) is 34.3 Å². The van der Waals surface area contributed by atoms with Gasteiger partial charge >= 0.3 is 5.97 Å². The molecule has 0 spiro atoms. The molecule has 14 nitrogen and oxygen atoms in total. The van der Waals surface area contributed by atoms with Crippen LogP contribution in [0.25, 0.3) is 32.2 Å². The third-order valence-corrected chi connectivity index (χ3v) is 17.3. The second-order valence-electron chi connectivity index (χ2n) is 22.7. The van der Waals surface area contributed by atoms with Gasteiger partial charge in [-0.25, -0.2) is 14.8 Å². The number of pyridine rings is 1. The van der Waals surface area contributed by atoms with Gasteiger partial charge in [-0.2, -0.15) is 5.10 Å². The van der Waals surface area contributed by atoms with Crippen LogP contribution in [0.3, 0.4) is 0 Å². The van der Waals surface area contributed by atoms with E-state index in [1.807, 2.05) is 99.2 Å². The number of fused-ring (bicyclic) bond motifs is 3. The van der Waals surface area contributed by atoms with E-state index in [1.165, 1.54) is 36.2 Å². The molecule has 3 aromatic heterocycles. The minimum Gasteiger partial charge on any atom is -0.490 e. The highest BCUT2D eigenvalue weighted by Gasteiger charge is 2.33. The number of amides is 3. The summed E-state index contributed by atoms with van der Waals surface area (Å²) in [6, 6.07) is 30.4. The monoisotopic (exact) mass is 1050 g/mol. The lowest BCUT2D eigenvalue weighted by molar-refractivity contribution is -0.134. The summed E-state index contributed by atoms with van der Waals surface area (Å²) in [5.41, 5.74) is 8.71. The number of benzene rings is 4. The van der Waals surface area contributed by atoms with Crippen LogP contribution in [-0.4, -0.2) is 86.2 Å². The number of carbonyl (C=O) groups is 4. The number of likely N-dealkylation sites (tertiary alicyclic amines) is 1. The van der Waals surface area contributed by atoms with Crippen molar-refractivity contribution in [3.05, 3.63) is 130 Å². The quantitative estimate of drug-likeness (QED) is 0.0606. The third-order valence-electron chi connectivity index (χ3n) is 16.4. The van der Waals surface area contributed by atoms with E-state index in [-0.39, 0.29) is 29.5 Å². The smallest absolute Gasteiger partial charge is 0.358 e. The highest BCUT2D eigenvalue weighted by atomic mass is 32.1. The molecule has 0 bridgehead atoms. The van der Waals surface area contributed by atoms with E-state index < -0.39 is 17.5 Å². The Labute approximate surface area is 454 Å². The number of aryl methyl sites for hydroxylation is 1. The average molecular weight is 1060 g/mol. The van der Waals surface area contributed by atoms with E-state index in [4.69, 9.17) is 19.6 Å². The lowest BCUT2D eigenvalue weighted by Crippen LogP contribution is -2.39. The van der Waals surface area contributed by atoms with Gasteiger partial charge in [0.2, 0.25) is 11.8 Å². The molecule has 1 unspecified atom stereocenters. The van der Waals surface area contributed by atoms with Crippen molar-refractivity contribution in [2.75, 3.05) is 36.4 Å². The highest BCUT2D eigenvalue weighted by Crippen LogP contribution is 2.39. The van der Waals surface area contributed by atoms with Crippen LogP contribution < -0.4 is 20.3 Å². The maximum absolute atomic E-state index is 14.1. The molecule has 6 heterocycles. The number of rotatable bonds is 14. The summed E-state index contributed by atoms with van der Waals surface area (Å²) in [7, 11) is 1.94. The van der Waals surface area contributed by atoms with Crippen molar-refractivity contribution < 1.29 is 28.7 Å². The Kier molecular flexibility index (Phi) is 15.0. The zero-order valence-corrected chi connectivity index (χ0v) is 45.8. The summed E-state index contributed by atoms with van der Waals surface area (Å²) < 4.78 is 15.7. The summed E-state index contributed by atoms with van der Waals surface area (Å²) in [5.74, 6) is 1.16. The molecule has 400 valence electrons. The molecule has 1 saturated carbocycles. The van der Waals surface area contributed by atoms with Crippen LogP contribution in [0.2, 0.25) is 0 Å². The van der Waals surface area contributed by atoms with E-state index >= 15 is 0 Å². The fraction of sp³-hybridized carbons (Fsp3) is 0.435. The van der Waals surface area contributed by atoms with Crippen LogP contribution in [0.1, 0.15) is 152 Å². The van der Waals surface area contributed by atoms with E-state index in [0.717, 1.165) is 119 Å². The molecule has 2 N–H and O–H groups in total. The SMILES string of the molecule is Cc1c(OC2CCC(CCCCN3CCC(c4ccc5c(C6CCC(=O)NC6=O)nn(C)c5c4)CC3)CC2)cccc1-c1ccc(N2CCc3cccc(C(=O)Nc4nc5ccccc5s4)c3C2)nc1C(=O)OC(C)(C)C. The number of esters is 1. The van der Waals surface area contributed by atoms with Crippen LogP contribution in [0, 0.1) is 12.8 Å². The van der Waals surface area contributed by atoms with Gasteiger partial charge in [0.15, 0.2) is 10.8 Å². The molecular weight excluding hydrogens is 985 g/mol. The fourth-order valence-corrected chi connectivity index (χ4v) is 13.0. The Bertz CT molecular complexity index is 3330. The normalized spacial score (nSPS) is 19.5.